The van der Waals surface area contributed by atoms with E-state index < -0.39 is 6.29 Å². The number of benzene rings is 1. The highest BCUT2D eigenvalue weighted by Gasteiger charge is 2.13. The van der Waals surface area contributed by atoms with Crippen LogP contribution in [0.1, 0.15) is 24.2 Å². The van der Waals surface area contributed by atoms with Crippen LogP contribution in [0, 0.1) is 0 Å². The number of hydrogen-bond acceptors (Lipinski definition) is 4. The lowest BCUT2D eigenvalue weighted by Gasteiger charge is -2.16. The molecule has 100 valence electrons. The van der Waals surface area contributed by atoms with Crippen LogP contribution in [0.3, 0.4) is 0 Å². The third kappa shape index (κ3) is 5.16. The van der Waals surface area contributed by atoms with Gasteiger partial charge in [-0.05, 0) is 38.1 Å². The van der Waals surface area contributed by atoms with Gasteiger partial charge in [0.25, 0.3) is 0 Å². The zero-order valence-corrected chi connectivity index (χ0v) is 12.1. The van der Waals surface area contributed by atoms with E-state index in [1.165, 1.54) is 0 Å². The zero-order valence-electron chi connectivity index (χ0n) is 10.5. The van der Waals surface area contributed by atoms with Crippen molar-refractivity contribution in [3.63, 3.8) is 0 Å². The van der Waals surface area contributed by atoms with Crippen LogP contribution in [0.2, 0.25) is 0 Å². The van der Waals surface area contributed by atoms with Crippen molar-refractivity contribution in [1.29, 1.82) is 0 Å². The number of carbonyl (C=O) groups is 1. The van der Waals surface area contributed by atoms with Crippen molar-refractivity contribution in [3.8, 4) is 0 Å². The van der Waals surface area contributed by atoms with Crippen molar-refractivity contribution >= 4 is 21.9 Å². The predicted molar refractivity (Wildman–Crippen MR) is 71.5 cm³/mol. The zero-order chi connectivity index (χ0) is 13.4. The molecule has 0 aromatic heterocycles. The fraction of sp³-hybridized carbons (Fsp3) is 0.462. The van der Waals surface area contributed by atoms with Crippen LogP contribution in [0.25, 0.3) is 0 Å². The quantitative estimate of drug-likeness (QED) is 0.573. The first-order chi connectivity index (χ1) is 8.67. The van der Waals surface area contributed by atoms with Crippen LogP contribution in [-0.4, -0.2) is 32.1 Å². The molecule has 0 aliphatic carbocycles. The third-order valence-electron chi connectivity index (χ3n) is 2.14. The minimum Gasteiger partial charge on any atom is -0.457 e. The average molecular weight is 317 g/mol. The monoisotopic (exact) mass is 316 g/mol. The molecule has 1 rings (SSSR count). The Morgan fingerprint density at radius 2 is 1.72 bits per heavy atom. The van der Waals surface area contributed by atoms with E-state index in [0.29, 0.717) is 18.8 Å². The van der Waals surface area contributed by atoms with Gasteiger partial charge in [-0.3, -0.25) is 0 Å². The van der Waals surface area contributed by atoms with E-state index in [1.54, 1.807) is 24.3 Å². The Bertz CT molecular complexity index is 358. The van der Waals surface area contributed by atoms with Crippen LogP contribution >= 0.6 is 15.9 Å². The van der Waals surface area contributed by atoms with Gasteiger partial charge in [0.1, 0.15) is 6.61 Å². The van der Waals surface area contributed by atoms with E-state index >= 15 is 0 Å². The molecule has 18 heavy (non-hydrogen) atoms. The summed E-state index contributed by atoms with van der Waals surface area (Å²) in [5, 5.41) is 0. The molecule has 0 aliphatic rings. The molecule has 0 atom stereocenters. The van der Waals surface area contributed by atoms with Crippen molar-refractivity contribution in [2.75, 3.05) is 19.8 Å². The lowest BCUT2D eigenvalue weighted by atomic mass is 10.2. The van der Waals surface area contributed by atoms with E-state index in [-0.39, 0.29) is 12.6 Å². The normalized spacial score (nSPS) is 10.7. The Balaban J connectivity index is 2.46. The molecule has 0 unspecified atom stereocenters. The van der Waals surface area contributed by atoms with Crippen molar-refractivity contribution < 1.29 is 19.0 Å². The Morgan fingerprint density at radius 1 is 1.17 bits per heavy atom. The van der Waals surface area contributed by atoms with Crippen molar-refractivity contribution in [1.82, 2.24) is 0 Å². The van der Waals surface area contributed by atoms with Gasteiger partial charge in [-0.2, -0.15) is 0 Å². The van der Waals surface area contributed by atoms with Gasteiger partial charge in [0.05, 0.1) is 5.56 Å². The summed E-state index contributed by atoms with van der Waals surface area (Å²) in [6.45, 7) is 4.85. The minimum atomic E-state index is -0.501. The lowest BCUT2D eigenvalue weighted by molar-refractivity contribution is -0.158. The molecule has 0 heterocycles. The average Bonchev–Trinajstić information content (AvgIpc) is 2.37. The molecule has 0 fully saturated rings. The number of rotatable bonds is 7. The number of ether oxygens (including phenoxy) is 3. The first-order valence-corrected chi connectivity index (χ1v) is 6.62. The number of halogens is 1. The highest BCUT2D eigenvalue weighted by atomic mass is 79.9. The smallest absolute Gasteiger partial charge is 0.338 e. The van der Waals surface area contributed by atoms with Gasteiger partial charge >= 0.3 is 5.97 Å². The maximum absolute atomic E-state index is 11.7. The molecular formula is C13H17BrO4. The second kappa shape index (κ2) is 8.24. The van der Waals surface area contributed by atoms with Gasteiger partial charge in [0.2, 0.25) is 0 Å². The fourth-order valence-electron chi connectivity index (χ4n) is 1.33. The van der Waals surface area contributed by atoms with E-state index in [1.807, 2.05) is 13.8 Å². The van der Waals surface area contributed by atoms with Crippen LogP contribution in [-0.2, 0) is 14.2 Å². The minimum absolute atomic E-state index is 0.0938. The number of esters is 1. The van der Waals surface area contributed by atoms with E-state index in [2.05, 4.69) is 15.9 Å². The second-order valence-corrected chi connectivity index (χ2v) is 4.36. The molecule has 0 radical (unpaired) electrons. The highest BCUT2D eigenvalue weighted by Crippen LogP contribution is 2.11. The van der Waals surface area contributed by atoms with Gasteiger partial charge in [-0.15, -0.1) is 0 Å². The van der Waals surface area contributed by atoms with E-state index in [9.17, 15) is 4.79 Å². The van der Waals surface area contributed by atoms with Gasteiger partial charge in [-0.1, -0.05) is 15.9 Å². The van der Waals surface area contributed by atoms with Crippen molar-refractivity contribution in [2.24, 2.45) is 0 Å². The molecule has 1 aromatic rings. The fourth-order valence-corrected chi connectivity index (χ4v) is 1.59. The SMILES string of the molecule is CCOC(COC(=O)c1ccc(Br)cc1)OCC. The summed E-state index contributed by atoms with van der Waals surface area (Å²) in [5.41, 5.74) is 0.505. The maximum atomic E-state index is 11.7. The maximum Gasteiger partial charge on any atom is 0.338 e. The third-order valence-corrected chi connectivity index (χ3v) is 2.66. The molecule has 5 heteroatoms. The molecule has 0 saturated carbocycles. The molecule has 4 nitrogen and oxygen atoms in total. The summed E-state index contributed by atoms with van der Waals surface area (Å²) in [6, 6.07) is 6.98. The Kier molecular flexibility index (Phi) is 6.93. The summed E-state index contributed by atoms with van der Waals surface area (Å²) in [4.78, 5) is 11.7. The van der Waals surface area contributed by atoms with Gasteiger partial charge in [0, 0.05) is 17.7 Å². The predicted octanol–water partition coefficient (Wildman–Crippen LogP) is 3.01. The van der Waals surface area contributed by atoms with Crippen molar-refractivity contribution in [3.05, 3.63) is 34.3 Å². The molecule has 0 saturated heterocycles. The van der Waals surface area contributed by atoms with Gasteiger partial charge in [-0.25, -0.2) is 4.79 Å². The molecule has 0 aliphatic heterocycles. The summed E-state index contributed by atoms with van der Waals surface area (Å²) < 4.78 is 16.6. The summed E-state index contributed by atoms with van der Waals surface area (Å²) in [6.07, 6.45) is -0.501. The van der Waals surface area contributed by atoms with Gasteiger partial charge in [0.15, 0.2) is 6.29 Å². The molecule has 0 N–H and O–H groups in total. The Labute approximate surface area is 115 Å². The summed E-state index contributed by atoms with van der Waals surface area (Å²) in [5.74, 6) is -0.382. The number of carbonyl (C=O) groups excluding carboxylic acids is 1. The summed E-state index contributed by atoms with van der Waals surface area (Å²) >= 11 is 3.31. The standard InChI is InChI=1S/C13H17BrO4/c1-3-16-12(17-4-2)9-18-13(15)10-5-7-11(14)8-6-10/h5-8,12H,3-4,9H2,1-2H3. The topological polar surface area (TPSA) is 44.8 Å². The molecule has 0 bridgehead atoms. The van der Waals surface area contributed by atoms with E-state index in [0.717, 1.165) is 4.47 Å². The van der Waals surface area contributed by atoms with Crippen LogP contribution in [0.5, 0.6) is 0 Å². The van der Waals surface area contributed by atoms with Crippen LogP contribution in [0.15, 0.2) is 28.7 Å². The molecule has 1 aromatic carbocycles. The molecular weight excluding hydrogens is 300 g/mol. The van der Waals surface area contributed by atoms with Crippen LogP contribution in [0.4, 0.5) is 0 Å². The first-order valence-electron chi connectivity index (χ1n) is 5.83. The number of hydrogen-bond donors (Lipinski definition) is 0. The largest absolute Gasteiger partial charge is 0.457 e. The molecule has 0 spiro atoms. The Hall–Kier alpha value is -0.910. The molecule has 0 amide bonds. The first kappa shape index (κ1) is 15.1. The van der Waals surface area contributed by atoms with E-state index in [4.69, 9.17) is 14.2 Å². The van der Waals surface area contributed by atoms with Crippen molar-refractivity contribution in [2.45, 2.75) is 20.1 Å². The summed E-state index contributed by atoms with van der Waals surface area (Å²) in [7, 11) is 0. The highest BCUT2D eigenvalue weighted by molar-refractivity contribution is 9.10. The Morgan fingerprint density at radius 3 is 2.22 bits per heavy atom. The lowest BCUT2D eigenvalue weighted by Crippen LogP contribution is -2.25. The van der Waals surface area contributed by atoms with Crippen LogP contribution < -0.4 is 0 Å². The second-order valence-electron chi connectivity index (χ2n) is 3.45. The van der Waals surface area contributed by atoms with Gasteiger partial charge < -0.3 is 14.2 Å².